The summed E-state index contributed by atoms with van der Waals surface area (Å²) >= 11 is 1.40. The van der Waals surface area contributed by atoms with Crippen molar-refractivity contribution in [3.63, 3.8) is 0 Å². The molecule has 26 heavy (non-hydrogen) atoms. The van der Waals surface area contributed by atoms with Crippen molar-refractivity contribution in [1.29, 1.82) is 5.41 Å². The molecule has 0 aliphatic carbocycles. The normalized spacial score (nSPS) is 15.0. The minimum absolute atomic E-state index is 0.184. The molecule has 1 aliphatic rings. The molecule has 0 bridgehead atoms. The summed E-state index contributed by atoms with van der Waals surface area (Å²) in [7, 11) is 3.22. The fourth-order valence-electron chi connectivity index (χ4n) is 2.90. The lowest BCUT2D eigenvalue weighted by molar-refractivity contribution is 0.235. The highest BCUT2D eigenvalue weighted by atomic mass is 32.1. The van der Waals surface area contributed by atoms with Gasteiger partial charge in [0.25, 0.3) is 0 Å². The Balaban J connectivity index is 1.99. The van der Waals surface area contributed by atoms with Crippen molar-refractivity contribution < 1.29 is 14.6 Å². The van der Waals surface area contributed by atoms with E-state index in [4.69, 9.17) is 14.9 Å². The SMILES string of the molecule is COc1ccc(OC)c(-c2csc(C3=C(O)CN(C(C)(C)C)C3=N)n2)c1. The highest BCUT2D eigenvalue weighted by molar-refractivity contribution is 7.11. The molecule has 3 rings (SSSR count). The summed E-state index contributed by atoms with van der Waals surface area (Å²) < 4.78 is 10.7. The van der Waals surface area contributed by atoms with Crippen LogP contribution < -0.4 is 9.47 Å². The molecule has 0 atom stereocenters. The minimum atomic E-state index is -0.247. The van der Waals surface area contributed by atoms with Crippen LogP contribution in [-0.4, -0.2) is 47.1 Å². The Labute approximate surface area is 157 Å². The number of nitrogens with zero attached hydrogens (tertiary/aromatic N) is 2. The number of amidine groups is 1. The maximum absolute atomic E-state index is 10.4. The number of ether oxygens (including phenoxy) is 2. The van der Waals surface area contributed by atoms with Gasteiger partial charge in [-0.1, -0.05) is 0 Å². The van der Waals surface area contributed by atoms with Crippen molar-refractivity contribution >= 4 is 22.7 Å². The molecule has 2 heterocycles. The zero-order chi connectivity index (χ0) is 19.1. The lowest BCUT2D eigenvalue weighted by Gasteiger charge is -2.33. The second-order valence-electron chi connectivity index (χ2n) is 7.03. The highest BCUT2D eigenvalue weighted by Gasteiger charge is 2.36. The molecule has 2 aromatic rings. The van der Waals surface area contributed by atoms with Crippen LogP contribution in [-0.2, 0) is 0 Å². The Morgan fingerprint density at radius 2 is 1.96 bits per heavy atom. The summed E-state index contributed by atoms with van der Waals surface area (Å²) in [5, 5.41) is 21.4. The van der Waals surface area contributed by atoms with E-state index in [-0.39, 0.29) is 11.3 Å². The van der Waals surface area contributed by atoms with Gasteiger partial charge in [0, 0.05) is 16.5 Å². The van der Waals surface area contributed by atoms with Crippen molar-refractivity contribution in [2.45, 2.75) is 26.3 Å². The quantitative estimate of drug-likeness (QED) is 0.840. The standard InChI is InChI=1S/C19H23N3O3S/c1-19(2,3)22-9-14(23)16(17(22)20)18-21-13(10-26-18)12-8-11(24-4)6-7-15(12)25-5/h6-8,10,20,23H,9H2,1-5H3. The van der Waals surface area contributed by atoms with E-state index < -0.39 is 0 Å². The highest BCUT2D eigenvalue weighted by Crippen LogP contribution is 2.38. The van der Waals surface area contributed by atoms with Crippen LogP contribution in [0.2, 0.25) is 0 Å². The molecular weight excluding hydrogens is 350 g/mol. The summed E-state index contributed by atoms with van der Waals surface area (Å²) in [5.41, 5.74) is 1.79. The maximum atomic E-state index is 10.4. The Kier molecular flexibility index (Phi) is 4.66. The zero-order valence-electron chi connectivity index (χ0n) is 15.6. The van der Waals surface area contributed by atoms with E-state index in [2.05, 4.69) is 4.98 Å². The van der Waals surface area contributed by atoms with E-state index in [9.17, 15) is 5.11 Å². The number of thiazole rings is 1. The number of rotatable bonds is 4. The van der Waals surface area contributed by atoms with E-state index in [1.807, 2.05) is 49.3 Å². The van der Waals surface area contributed by atoms with Crippen LogP contribution in [0.5, 0.6) is 11.5 Å². The molecule has 1 aromatic heterocycles. The van der Waals surface area contributed by atoms with E-state index in [0.29, 0.717) is 34.5 Å². The molecule has 0 spiro atoms. The predicted molar refractivity (Wildman–Crippen MR) is 104 cm³/mol. The van der Waals surface area contributed by atoms with E-state index in [0.717, 1.165) is 11.3 Å². The molecule has 0 saturated heterocycles. The van der Waals surface area contributed by atoms with Gasteiger partial charge in [-0.3, -0.25) is 5.41 Å². The second kappa shape index (κ2) is 6.64. The number of hydrogen-bond acceptors (Lipinski definition) is 6. The van der Waals surface area contributed by atoms with Gasteiger partial charge in [-0.15, -0.1) is 11.3 Å². The van der Waals surface area contributed by atoms with Crippen LogP contribution in [0.3, 0.4) is 0 Å². The molecule has 0 fully saturated rings. The smallest absolute Gasteiger partial charge is 0.135 e. The first-order valence-corrected chi connectivity index (χ1v) is 9.11. The summed E-state index contributed by atoms with van der Waals surface area (Å²) in [4.78, 5) is 6.53. The molecule has 6 nitrogen and oxygen atoms in total. The Hall–Kier alpha value is -2.54. The molecule has 7 heteroatoms. The first-order valence-electron chi connectivity index (χ1n) is 8.23. The van der Waals surface area contributed by atoms with E-state index in [1.54, 1.807) is 14.2 Å². The molecule has 1 aromatic carbocycles. The lowest BCUT2D eigenvalue weighted by atomic mass is 10.1. The maximum Gasteiger partial charge on any atom is 0.135 e. The first-order chi connectivity index (χ1) is 12.3. The first kappa shape index (κ1) is 18.3. The van der Waals surface area contributed by atoms with Gasteiger partial charge < -0.3 is 19.5 Å². The third-order valence-corrected chi connectivity index (χ3v) is 5.17. The van der Waals surface area contributed by atoms with Crippen LogP contribution in [0.25, 0.3) is 16.8 Å². The van der Waals surface area contributed by atoms with Gasteiger partial charge in [-0.05, 0) is 39.0 Å². The largest absolute Gasteiger partial charge is 0.510 e. The van der Waals surface area contributed by atoms with Gasteiger partial charge in [0.15, 0.2) is 0 Å². The average molecular weight is 373 g/mol. The van der Waals surface area contributed by atoms with Crippen molar-refractivity contribution in [2.24, 2.45) is 0 Å². The van der Waals surface area contributed by atoms with Gasteiger partial charge in [0.1, 0.15) is 28.1 Å². The molecule has 138 valence electrons. The summed E-state index contributed by atoms with van der Waals surface area (Å²) in [6.45, 7) is 6.39. The van der Waals surface area contributed by atoms with E-state index >= 15 is 0 Å². The van der Waals surface area contributed by atoms with Crippen molar-refractivity contribution in [3.8, 4) is 22.8 Å². The summed E-state index contributed by atoms with van der Waals surface area (Å²) in [6, 6.07) is 5.54. The van der Waals surface area contributed by atoms with Gasteiger partial charge in [-0.2, -0.15) is 0 Å². The number of aliphatic hydroxyl groups is 1. The second-order valence-corrected chi connectivity index (χ2v) is 7.89. The number of methoxy groups -OCH3 is 2. The van der Waals surface area contributed by atoms with Crippen LogP contribution in [0, 0.1) is 5.41 Å². The lowest BCUT2D eigenvalue weighted by Crippen LogP contribution is -2.43. The Morgan fingerprint density at radius 3 is 2.54 bits per heavy atom. The van der Waals surface area contributed by atoms with Crippen molar-refractivity contribution in [2.75, 3.05) is 20.8 Å². The molecule has 0 amide bonds. The van der Waals surface area contributed by atoms with Gasteiger partial charge in [0.2, 0.25) is 0 Å². The number of aliphatic hydroxyl groups excluding tert-OH is 1. The number of nitrogens with one attached hydrogen (secondary N) is 1. The average Bonchev–Trinajstić information content (AvgIpc) is 3.18. The minimum Gasteiger partial charge on any atom is -0.510 e. The van der Waals surface area contributed by atoms with Crippen LogP contribution in [0.1, 0.15) is 25.8 Å². The summed E-state index contributed by atoms with van der Waals surface area (Å²) in [5.74, 6) is 1.89. The number of hydrogen-bond donors (Lipinski definition) is 2. The van der Waals surface area contributed by atoms with E-state index in [1.165, 1.54) is 11.3 Å². The van der Waals surface area contributed by atoms with Crippen LogP contribution in [0.4, 0.5) is 0 Å². The third kappa shape index (κ3) is 3.14. The fraction of sp³-hybridized carbons (Fsp3) is 0.368. The van der Waals surface area contributed by atoms with Gasteiger partial charge >= 0.3 is 0 Å². The Morgan fingerprint density at radius 1 is 1.23 bits per heavy atom. The van der Waals surface area contributed by atoms with Crippen LogP contribution in [0.15, 0.2) is 29.3 Å². The van der Waals surface area contributed by atoms with Gasteiger partial charge in [0.05, 0.1) is 32.0 Å². The molecule has 0 saturated carbocycles. The molecule has 0 unspecified atom stereocenters. The number of aromatic nitrogens is 1. The topological polar surface area (TPSA) is 78.7 Å². The molecule has 1 aliphatic heterocycles. The molecule has 0 radical (unpaired) electrons. The third-order valence-electron chi connectivity index (χ3n) is 4.31. The number of benzene rings is 1. The summed E-state index contributed by atoms with van der Waals surface area (Å²) in [6.07, 6.45) is 0. The molecular formula is C19H23N3O3S. The monoisotopic (exact) mass is 373 g/mol. The van der Waals surface area contributed by atoms with Gasteiger partial charge in [-0.25, -0.2) is 4.98 Å². The molecule has 2 N–H and O–H groups in total. The fourth-order valence-corrected chi connectivity index (χ4v) is 3.79. The zero-order valence-corrected chi connectivity index (χ0v) is 16.4. The van der Waals surface area contributed by atoms with Crippen molar-refractivity contribution in [3.05, 3.63) is 34.3 Å². The van der Waals surface area contributed by atoms with Crippen molar-refractivity contribution in [1.82, 2.24) is 9.88 Å². The predicted octanol–water partition coefficient (Wildman–Crippen LogP) is 4.19. The van der Waals surface area contributed by atoms with Crippen LogP contribution >= 0.6 is 11.3 Å². The Bertz CT molecular complexity index is 880.